The van der Waals surface area contributed by atoms with Gasteiger partial charge in [-0.25, -0.2) is 8.42 Å². The Labute approximate surface area is 124 Å². The second-order valence-corrected chi connectivity index (χ2v) is 6.46. The first-order valence-electron chi connectivity index (χ1n) is 6.41. The molecule has 0 aromatic heterocycles. The van der Waals surface area contributed by atoms with E-state index in [0.29, 0.717) is 29.5 Å². The molecule has 0 aliphatic rings. The fourth-order valence-electron chi connectivity index (χ4n) is 1.78. The maximum absolute atomic E-state index is 11.4. The lowest BCUT2D eigenvalue weighted by molar-refractivity contribution is 0.340. The molecule has 0 spiro atoms. The molecule has 0 aliphatic carbocycles. The van der Waals surface area contributed by atoms with Crippen molar-refractivity contribution in [2.24, 2.45) is 0 Å². The molecule has 6 heteroatoms. The van der Waals surface area contributed by atoms with Gasteiger partial charge in [-0.3, -0.25) is 0 Å². The molecule has 0 bridgehead atoms. The first kappa shape index (κ1) is 15.2. The highest BCUT2D eigenvalue weighted by Gasteiger charge is 2.10. The van der Waals surface area contributed by atoms with Gasteiger partial charge in [0.1, 0.15) is 17.2 Å². The van der Waals surface area contributed by atoms with Crippen LogP contribution in [0.15, 0.2) is 47.4 Å². The fourth-order valence-corrected chi connectivity index (χ4v) is 2.41. The Morgan fingerprint density at radius 1 is 1.05 bits per heavy atom. The molecule has 2 aromatic rings. The summed E-state index contributed by atoms with van der Waals surface area (Å²) in [5.74, 6) is 1.53. The van der Waals surface area contributed by atoms with Crippen LogP contribution in [0.5, 0.6) is 17.2 Å². The minimum Gasteiger partial charge on any atom is -0.492 e. The molecule has 5 nitrogen and oxygen atoms in total. The third-order valence-electron chi connectivity index (χ3n) is 2.81. The molecule has 2 rings (SSSR count). The standard InChI is InChI=1S/C15H17NO4S/c1-3-19-13-5-4-6-14(15(13)16)20-11-7-9-12(10-8-11)21(2,17)18/h4-10H,3,16H2,1-2H3. The summed E-state index contributed by atoms with van der Waals surface area (Å²) in [4.78, 5) is 0.242. The fraction of sp³-hybridized carbons (Fsp3) is 0.200. The Morgan fingerprint density at radius 2 is 1.67 bits per heavy atom. The Hall–Kier alpha value is -2.21. The summed E-state index contributed by atoms with van der Waals surface area (Å²) >= 11 is 0. The van der Waals surface area contributed by atoms with Gasteiger partial charge in [-0.2, -0.15) is 0 Å². The van der Waals surface area contributed by atoms with E-state index in [2.05, 4.69) is 0 Å². The van der Waals surface area contributed by atoms with Crippen LogP contribution in [0.4, 0.5) is 5.69 Å². The number of para-hydroxylation sites is 1. The lowest BCUT2D eigenvalue weighted by Gasteiger charge is -2.12. The van der Waals surface area contributed by atoms with Crippen molar-refractivity contribution in [2.75, 3.05) is 18.6 Å². The molecule has 0 amide bonds. The van der Waals surface area contributed by atoms with E-state index in [1.807, 2.05) is 6.92 Å². The topological polar surface area (TPSA) is 78.6 Å². The number of sulfone groups is 1. The number of hydrogen-bond acceptors (Lipinski definition) is 5. The second kappa shape index (κ2) is 6.05. The summed E-state index contributed by atoms with van der Waals surface area (Å²) in [5, 5.41) is 0. The van der Waals surface area contributed by atoms with Crippen molar-refractivity contribution in [3.05, 3.63) is 42.5 Å². The van der Waals surface area contributed by atoms with Crippen molar-refractivity contribution >= 4 is 15.5 Å². The van der Waals surface area contributed by atoms with E-state index in [1.54, 1.807) is 30.3 Å². The van der Waals surface area contributed by atoms with Crippen LogP contribution >= 0.6 is 0 Å². The quantitative estimate of drug-likeness (QED) is 0.859. The van der Waals surface area contributed by atoms with Crippen molar-refractivity contribution in [1.82, 2.24) is 0 Å². The summed E-state index contributed by atoms with van der Waals surface area (Å²) < 4.78 is 33.9. The zero-order chi connectivity index (χ0) is 15.5. The second-order valence-electron chi connectivity index (χ2n) is 4.45. The highest BCUT2D eigenvalue weighted by molar-refractivity contribution is 7.90. The van der Waals surface area contributed by atoms with Crippen molar-refractivity contribution in [3.8, 4) is 17.2 Å². The highest BCUT2D eigenvalue weighted by atomic mass is 32.2. The summed E-state index contributed by atoms with van der Waals surface area (Å²) in [6.45, 7) is 2.38. The molecule has 0 heterocycles. The van der Waals surface area contributed by atoms with Crippen molar-refractivity contribution in [1.29, 1.82) is 0 Å². The van der Waals surface area contributed by atoms with E-state index in [0.717, 1.165) is 6.26 Å². The van der Waals surface area contributed by atoms with Gasteiger partial charge in [0.05, 0.1) is 11.5 Å². The van der Waals surface area contributed by atoms with E-state index in [1.165, 1.54) is 12.1 Å². The van der Waals surface area contributed by atoms with Crippen LogP contribution in [-0.2, 0) is 9.84 Å². The Morgan fingerprint density at radius 3 is 2.24 bits per heavy atom. The maximum atomic E-state index is 11.4. The Balaban J connectivity index is 2.24. The zero-order valence-electron chi connectivity index (χ0n) is 11.9. The summed E-state index contributed by atoms with van der Waals surface area (Å²) in [6, 6.07) is 11.4. The average Bonchev–Trinajstić information content (AvgIpc) is 2.43. The van der Waals surface area contributed by atoms with Crippen LogP contribution < -0.4 is 15.2 Å². The lowest BCUT2D eigenvalue weighted by atomic mass is 10.2. The molecule has 0 aliphatic heterocycles. The number of benzene rings is 2. The van der Waals surface area contributed by atoms with Crippen LogP contribution in [0.25, 0.3) is 0 Å². The molecule has 0 radical (unpaired) electrons. The predicted molar refractivity (Wildman–Crippen MR) is 81.6 cm³/mol. The first-order valence-corrected chi connectivity index (χ1v) is 8.30. The molecule has 0 fully saturated rings. The van der Waals surface area contributed by atoms with Crippen LogP contribution in [0, 0.1) is 0 Å². The van der Waals surface area contributed by atoms with Gasteiger partial charge in [-0.05, 0) is 43.3 Å². The van der Waals surface area contributed by atoms with Gasteiger partial charge in [-0.1, -0.05) is 6.07 Å². The number of ether oxygens (including phenoxy) is 2. The van der Waals surface area contributed by atoms with Crippen LogP contribution in [0.2, 0.25) is 0 Å². The molecule has 0 unspecified atom stereocenters. The van der Waals surface area contributed by atoms with E-state index in [-0.39, 0.29) is 4.90 Å². The van der Waals surface area contributed by atoms with Crippen molar-refractivity contribution < 1.29 is 17.9 Å². The van der Waals surface area contributed by atoms with Gasteiger partial charge in [0.2, 0.25) is 0 Å². The van der Waals surface area contributed by atoms with Crippen LogP contribution in [0.1, 0.15) is 6.92 Å². The van der Waals surface area contributed by atoms with E-state index in [4.69, 9.17) is 15.2 Å². The molecule has 0 saturated heterocycles. The average molecular weight is 307 g/mol. The minimum absolute atomic E-state index is 0.242. The van der Waals surface area contributed by atoms with Crippen molar-refractivity contribution in [3.63, 3.8) is 0 Å². The Kier molecular flexibility index (Phi) is 4.37. The lowest BCUT2D eigenvalue weighted by Crippen LogP contribution is -1.99. The maximum Gasteiger partial charge on any atom is 0.175 e. The van der Waals surface area contributed by atoms with Gasteiger partial charge in [0.25, 0.3) is 0 Å². The summed E-state index contributed by atoms with van der Waals surface area (Å²) in [5.41, 5.74) is 6.38. The molecule has 2 aromatic carbocycles. The van der Waals surface area contributed by atoms with Gasteiger partial charge < -0.3 is 15.2 Å². The van der Waals surface area contributed by atoms with Gasteiger partial charge in [0, 0.05) is 6.26 Å². The SMILES string of the molecule is CCOc1cccc(Oc2ccc(S(C)(=O)=O)cc2)c1N. The summed E-state index contributed by atoms with van der Waals surface area (Å²) in [7, 11) is -3.21. The molecule has 0 atom stereocenters. The first-order chi connectivity index (χ1) is 9.91. The smallest absolute Gasteiger partial charge is 0.175 e. The van der Waals surface area contributed by atoms with Gasteiger partial charge in [0.15, 0.2) is 15.6 Å². The number of anilines is 1. The van der Waals surface area contributed by atoms with Crippen LogP contribution in [0.3, 0.4) is 0 Å². The van der Waals surface area contributed by atoms with E-state index in [9.17, 15) is 8.42 Å². The monoisotopic (exact) mass is 307 g/mol. The zero-order valence-corrected chi connectivity index (χ0v) is 12.7. The predicted octanol–water partition coefficient (Wildman–Crippen LogP) is 2.86. The molecular formula is C15H17NO4S. The largest absolute Gasteiger partial charge is 0.492 e. The molecule has 112 valence electrons. The molecule has 21 heavy (non-hydrogen) atoms. The van der Waals surface area contributed by atoms with Crippen LogP contribution in [-0.4, -0.2) is 21.3 Å². The van der Waals surface area contributed by atoms with Gasteiger partial charge in [-0.15, -0.1) is 0 Å². The van der Waals surface area contributed by atoms with Crippen molar-refractivity contribution in [2.45, 2.75) is 11.8 Å². The number of rotatable bonds is 5. The third-order valence-corrected chi connectivity index (χ3v) is 3.93. The number of nitrogen functional groups attached to an aromatic ring is 1. The van der Waals surface area contributed by atoms with Gasteiger partial charge >= 0.3 is 0 Å². The van der Waals surface area contributed by atoms with E-state index >= 15 is 0 Å². The number of nitrogens with two attached hydrogens (primary N) is 1. The molecule has 2 N–H and O–H groups in total. The Bertz CT molecular complexity index is 724. The number of hydrogen-bond donors (Lipinski definition) is 1. The normalized spacial score (nSPS) is 11.1. The summed E-state index contributed by atoms with van der Waals surface area (Å²) in [6.07, 6.45) is 1.16. The molecular weight excluding hydrogens is 290 g/mol. The third kappa shape index (κ3) is 3.66. The minimum atomic E-state index is -3.21. The highest BCUT2D eigenvalue weighted by Crippen LogP contribution is 2.34. The molecule has 0 saturated carbocycles. The van der Waals surface area contributed by atoms with E-state index < -0.39 is 9.84 Å².